The molecule has 1 unspecified atom stereocenters. The molecule has 14 fully saturated rings. The number of carbonyl (C=O) groups is 3. The van der Waals surface area contributed by atoms with Gasteiger partial charge in [0, 0.05) is 23.7 Å². The Labute approximate surface area is 318 Å². The van der Waals surface area contributed by atoms with Crippen molar-refractivity contribution in [3.63, 3.8) is 0 Å². The van der Waals surface area contributed by atoms with Crippen LogP contribution in [0.15, 0.2) is 24.3 Å². The van der Waals surface area contributed by atoms with Crippen molar-refractivity contribution in [3.8, 4) is 0 Å². The monoisotopic (exact) mass is 764 g/mol. The van der Waals surface area contributed by atoms with Gasteiger partial charge >= 0.3 is 0 Å². The molecule has 14 aliphatic rings. The van der Waals surface area contributed by atoms with Crippen LogP contribution < -0.4 is 0 Å². The highest BCUT2D eigenvalue weighted by molar-refractivity contribution is 6.07. The van der Waals surface area contributed by atoms with Crippen molar-refractivity contribution in [1.82, 2.24) is 0 Å². The molecule has 13 heteroatoms. The Morgan fingerprint density at radius 1 is 0.636 bits per heavy atom. The smallest absolute Gasteiger partial charge is 0.208 e. The number of hydrogen-bond acceptors (Lipinski definition) is 13. The largest absolute Gasteiger partial charge is 0.391 e. The van der Waals surface area contributed by atoms with Crippen molar-refractivity contribution in [3.05, 3.63) is 24.3 Å². The second kappa shape index (κ2) is 8.97. The minimum atomic E-state index is -2.44. The van der Waals surface area contributed by atoms with E-state index in [1.807, 2.05) is 27.7 Å². The molecule has 6 aliphatic heterocycles. The van der Waals surface area contributed by atoms with Gasteiger partial charge in [0.2, 0.25) is 17.4 Å². The minimum Gasteiger partial charge on any atom is -0.391 e. The number of Topliss-reactive ketones (excluding diaryl/α,β-unsaturated/α-hetero) is 3. The number of epoxide rings is 1. The van der Waals surface area contributed by atoms with E-state index in [1.54, 1.807) is 0 Å². The van der Waals surface area contributed by atoms with E-state index < -0.39 is 133 Å². The zero-order valence-electron chi connectivity index (χ0n) is 31.8. The zero-order chi connectivity index (χ0) is 39.1. The molecule has 0 amide bonds. The fourth-order valence-electron chi connectivity index (χ4n) is 18.2. The number of aliphatic hydroxyl groups is 6. The Bertz CT molecular complexity index is 2010. The summed E-state index contributed by atoms with van der Waals surface area (Å²) in [6, 6.07) is 0. The van der Waals surface area contributed by atoms with Crippen LogP contribution in [-0.2, 0) is 33.3 Å². The van der Waals surface area contributed by atoms with Gasteiger partial charge in [-0.15, -0.1) is 0 Å². The quantitative estimate of drug-likeness (QED) is 0.149. The van der Waals surface area contributed by atoms with Crippen molar-refractivity contribution in [1.29, 1.82) is 0 Å². The van der Waals surface area contributed by atoms with Crippen LogP contribution in [-0.4, -0.2) is 114 Å². The number of aliphatic hydroxyl groups excluding tert-OH is 4. The second-order valence-electron chi connectivity index (χ2n) is 21.7. The van der Waals surface area contributed by atoms with Gasteiger partial charge in [0.15, 0.2) is 17.3 Å². The Morgan fingerprint density at radius 2 is 1.16 bits per heavy atom. The van der Waals surface area contributed by atoms with Gasteiger partial charge in [-0.3, -0.25) is 14.4 Å². The highest BCUT2D eigenvalue weighted by atomic mass is 16.8. The average Bonchev–Trinajstić information content (AvgIpc) is 3.75. The topological polar surface area (TPSA) is 213 Å². The molecule has 6 saturated heterocycles. The van der Waals surface area contributed by atoms with Crippen LogP contribution in [0.2, 0.25) is 0 Å². The first kappa shape index (κ1) is 35.1. The molecular formula is C42H52O13. The summed E-state index contributed by atoms with van der Waals surface area (Å²) < 4.78 is 27.2. The lowest BCUT2D eigenvalue weighted by molar-refractivity contribution is -0.474. The Hall–Kier alpha value is -1.91. The Kier molecular flexibility index (Phi) is 5.72. The minimum absolute atomic E-state index is 0.124. The van der Waals surface area contributed by atoms with Gasteiger partial charge in [0.25, 0.3) is 0 Å². The van der Waals surface area contributed by atoms with E-state index >= 15 is 4.79 Å². The van der Waals surface area contributed by atoms with Crippen molar-refractivity contribution >= 4 is 17.3 Å². The lowest BCUT2D eigenvalue weighted by atomic mass is 9.33. The molecule has 8 bridgehead atoms. The third kappa shape index (κ3) is 2.82. The predicted molar refractivity (Wildman–Crippen MR) is 185 cm³/mol. The van der Waals surface area contributed by atoms with E-state index in [2.05, 4.69) is 13.2 Å². The van der Waals surface area contributed by atoms with Crippen LogP contribution in [0, 0.1) is 68.0 Å². The maximum atomic E-state index is 16.2. The number of hydrogen-bond donors (Lipinski definition) is 6. The molecule has 6 heterocycles. The molecule has 0 aromatic heterocycles. The molecule has 55 heavy (non-hydrogen) atoms. The predicted octanol–water partition coefficient (Wildman–Crippen LogP) is 0.846. The maximum absolute atomic E-state index is 16.2. The Morgan fingerprint density at radius 3 is 1.78 bits per heavy atom. The summed E-state index contributed by atoms with van der Waals surface area (Å²) in [6.07, 6.45) is -3.41. The number of ether oxygens (including phenoxy) is 4. The van der Waals surface area contributed by atoms with Crippen LogP contribution in [0.4, 0.5) is 0 Å². The summed E-state index contributed by atoms with van der Waals surface area (Å²) in [7, 11) is 0. The molecule has 5 spiro atoms. The summed E-state index contributed by atoms with van der Waals surface area (Å²) in [5, 5.41) is 73.8. The molecule has 19 atom stereocenters. The molecule has 8 saturated carbocycles. The standard InChI is InChI=1S/C42H52O13/c1-17-19-7-9-21-36-15-52-40(50,38(21,25(17)43)27(19)45)29(47)23(36)32(3,4)13-34(31(36)49)11-12-35-14-33(5,6)24-30(48)41(51)39-22(10-8-20(28(39)46)18(2)26(39)44)37(24,16-53-41)42(35,54-34)55-35/h19-24,27-30,45-48,50-51H,1-2,7-16H2,3-6H3/t19-,20-,21-,22-,23+,24+,27+,28+,29-,30-,34+,35+,36+,37-,38-,39-,40+,41?,42+/m0/s1. The van der Waals surface area contributed by atoms with Crippen LogP contribution >= 0.6 is 0 Å². The zero-order valence-corrected chi connectivity index (χ0v) is 31.8. The lowest BCUT2D eigenvalue weighted by Gasteiger charge is -2.76. The van der Waals surface area contributed by atoms with Crippen molar-refractivity contribution in [2.75, 3.05) is 13.2 Å². The molecule has 0 aromatic carbocycles. The van der Waals surface area contributed by atoms with E-state index in [-0.39, 0.29) is 43.0 Å². The third-order valence-electron chi connectivity index (χ3n) is 19.4. The molecule has 298 valence electrons. The van der Waals surface area contributed by atoms with Crippen molar-refractivity contribution in [2.45, 2.75) is 132 Å². The summed E-state index contributed by atoms with van der Waals surface area (Å²) >= 11 is 0. The molecule has 13 nitrogen and oxygen atoms in total. The lowest BCUT2D eigenvalue weighted by Crippen LogP contribution is -2.89. The Balaban J connectivity index is 1.06. The van der Waals surface area contributed by atoms with Crippen molar-refractivity contribution in [2.24, 2.45) is 68.0 Å². The van der Waals surface area contributed by atoms with Gasteiger partial charge in [-0.1, -0.05) is 40.9 Å². The summed E-state index contributed by atoms with van der Waals surface area (Å²) in [4.78, 5) is 45.1. The van der Waals surface area contributed by atoms with Crippen LogP contribution in [0.5, 0.6) is 0 Å². The normalized spacial score (nSPS) is 64.7. The fourth-order valence-corrected chi connectivity index (χ4v) is 18.2. The van der Waals surface area contributed by atoms with E-state index in [1.165, 1.54) is 0 Å². The first-order valence-corrected chi connectivity index (χ1v) is 20.4. The van der Waals surface area contributed by atoms with Gasteiger partial charge in [0.1, 0.15) is 34.2 Å². The third-order valence-corrected chi connectivity index (χ3v) is 19.4. The van der Waals surface area contributed by atoms with Gasteiger partial charge in [-0.2, -0.15) is 0 Å². The molecule has 14 rings (SSSR count). The highest BCUT2D eigenvalue weighted by Crippen LogP contribution is 2.87. The number of carbonyl (C=O) groups excluding carboxylic acids is 3. The van der Waals surface area contributed by atoms with Crippen LogP contribution in [0.1, 0.15) is 79.1 Å². The van der Waals surface area contributed by atoms with Crippen LogP contribution in [0.3, 0.4) is 0 Å². The number of rotatable bonds is 0. The van der Waals surface area contributed by atoms with Gasteiger partial charge in [-0.05, 0) is 85.2 Å². The van der Waals surface area contributed by atoms with E-state index in [9.17, 15) is 40.2 Å². The first-order valence-electron chi connectivity index (χ1n) is 20.4. The number of fused-ring (bicyclic) bond motifs is 4. The van der Waals surface area contributed by atoms with E-state index in [0.29, 0.717) is 38.5 Å². The van der Waals surface area contributed by atoms with Gasteiger partial charge < -0.3 is 49.6 Å². The maximum Gasteiger partial charge on any atom is 0.208 e. The summed E-state index contributed by atoms with van der Waals surface area (Å²) in [6.45, 7) is 15.6. The molecule has 6 N–H and O–H groups in total. The number of ketones is 3. The van der Waals surface area contributed by atoms with E-state index in [4.69, 9.17) is 18.9 Å². The molecule has 8 aliphatic carbocycles. The summed E-state index contributed by atoms with van der Waals surface area (Å²) in [5.41, 5.74) is -10.5. The SMILES string of the molecule is C=C1C(=O)[C@]23[C@H](O)[C@H]1CC[C@H]2[C@@]12COC3(O)[C@@H](O)[C@@H]1C(C)(C)C[C@]13CC[C@]4(CC(C)(C)[C@H]5[C@H](O)[C@@]6(O)OC[C@@]5(C4=O)[C@@H]4CC[C@H]5C(=C)C(=O)[C@]46[C@@H]5O)O[C@@]12O3. The van der Waals surface area contributed by atoms with Crippen molar-refractivity contribution < 1.29 is 64.0 Å². The van der Waals surface area contributed by atoms with E-state index in [0.717, 1.165) is 0 Å². The molecule has 0 radical (unpaired) electrons. The second-order valence-corrected chi connectivity index (χ2v) is 21.7. The van der Waals surface area contributed by atoms with Gasteiger partial charge in [0.05, 0.1) is 36.3 Å². The molecule has 0 aromatic rings. The fraction of sp³-hybridized carbons (Fsp3) is 0.833. The summed E-state index contributed by atoms with van der Waals surface area (Å²) in [5.74, 6) is -12.4. The van der Waals surface area contributed by atoms with Gasteiger partial charge in [-0.25, -0.2) is 0 Å². The average molecular weight is 765 g/mol. The van der Waals surface area contributed by atoms with Crippen LogP contribution in [0.25, 0.3) is 0 Å². The first-order chi connectivity index (χ1) is 25.6. The molecular weight excluding hydrogens is 712 g/mol. The highest BCUT2D eigenvalue weighted by Gasteiger charge is 2.99.